The average Bonchev–Trinajstić information content (AvgIpc) is 2.73. The number of hydrogen-bond donors (Lipinski definition) is 2. The van der Waals surface area contributed by atoms with Gasteiger partial charge < -0.3 is 5.32 Å². The van der Waals surface area contributed by atoms with Crippen LogP contribution < -0.4 is 5.32 Å². The van der Waals surface area contributed by atoms with Crippen molar-refractivity contribution in [2.24, 2.45) is 0 Å². The molecule has 2 N–H and O–H groups in total. The van der Waals surface area contributed by atoms with Crippen molar-refractivity contribution in [2.45, 2.75) is 13.3 Å². The zero-order chi connectivity index (χ0) is 11.4. The Balaban J connectivity index is 2.32. The van der Waals surface area contributed by atoms with Gasteiger partial charge in [0.2, 0.25) is 0 Å². The molecule has 1 heterocycles. The molecule has 0 radical (unpaired) electrons. The van der Waals surface area contributed by atoms with Crippen LogP contribution in [0.2, 0.25) is 0 Å². The van der Waals surface area contributed by atoms with Gasteiger partial charge in [-0.2, -0.15) is 5.10 Å². The molecule has 0 atom stereocenters. The number of hydrogen-bond acceptors (Lipinski definition) is 3. The standard InChI is InChI=1S/C12H16N4/c1-9-14-12(16-15-9)11-6-4-3-5-10(11)7-8-13-2/h3-6,13H,7-8H2,1-2H3,(H,14,15,16). The van der Waals surface area contributed by atoms with E-state index in [2.05, 4.69) is 32.6 Å². The third kappa shape index (κ3) is 2.28. The Kier molecular flexibility index (Phi) is 3.31. The van der Waals surface area contributed by atoms with E-state index in [-0.39, 0.29) is 0 Å². The minimum atomic E-state index is 0.782. The van der Waals surface area contributed by atoms with Crippen LogP contribution in [0.25, 0.3) is 11.4 Å². The summed E-state index contributed by atoms with van der Waals surface area (Å²) in [5.41, 5.74) is 2.39. The number of aromatic amines is 1. The molecule has 1 aromatic heterocycles. The van der Waals surface area contributed by atoms with E-state index in [1.807, 2.05) is 26.1 Å². The number of likely N-dealkylation sites (N-methyl/N-ethyl adjacent to an activating group) is 1. The summed E-state index contributed by atoms with van der Waals surface area (Å²) in [6, 6.07) is 8.25. The molecule has 0 bridgehead atoms. The topological polar surface area (TPSA) is 53.6 Å². The Hall–Kier alpha value is -1.68. The second-order valence-corrected chi connectivity index (χ2v) is 3.76. The Morgan fingerprint density at radius 2 is 2.12 bits per heavy atom. The van der Waals surface area contributed by atoms with Crippen molar-refractivity contribution in [3.05, 3.63) is 35.7 Å². The lowest BCUT2D eigenvalue weighted by Crippen LogP contribution is -2.10. The van der Waals surface area contributed by atoms with E-state index in [9.17, 15) is 0 Å². The summed E-state index contributed by atoms with van der Waals surface area (Å²) >= 11 is 0. The molecule has 0 saturated carbocycles. The molecule has 16 heavy (non-hydrogen) atoms. The lowest BCUT2D eigenvalue weighted by molar-refractivity contribution is 0.792. The smallest absolute Gasteiger partial charge is 0.181 e. The Morgan fingerprint density at radius 3 is 2.81 bits per heavy atom. The minimum Gasteiger partial charge on any atom is -0.319 e. The van der Waals surface area contributed by atoms with Gasteiger partial charge in [0, 0.05) is 5.56 Å². The molecule has 0 aliphatic carbocycles. The van der Waals surface area contributed by atoms with Crippen molar-refractivity contribution in [1.82, 2.24) is 20.5 Å². The summed E-state index contributed by atoms with van der Waals surface area (Å²) in [6.45, 7) is 2.87. The molecule has 0 aliphatic rings. The Morgan fingerprint density at radius 1 is 1.31 bits per heavy atom. The van der Waals surface area contributed by atoms with E-state index in [4.69, 9.17) is 0 Å². The monoisotopic (exact) mass is 216 g/mol. The summed E-state index contributed by atoms with van der Waals surface area (Å²) in [5.74, 6) is 1.63. The maximum atomic E-state index is 4.36. The van der Waals surface area contributed by atoms with Gasteiger partial charge >= 0.3 is 0 Å². The molecule has 0 amide bonds. The van der Waals surface area contributed by atoms with Gasteiger partial charge in [-0.05, 0) is 32.5 Å². The lowest BCUT2D eigenvalue weighted by atomic mass is 10.0. The van der Waals surface area contributed by atoms with Crippen LogP contribution in [0, 0.1) is 6.92 Å². The molecule has 4 heteroatoms. The van der Waals surface area contributed by atoms with E-state index in [0.29, 0.717) is 0 Å². The van der Waals surface area contributed by atoms with E-state index >= 15 is 0 Å². The van der Waals surface area contributed by atoms with Crippen molar-refractivity contribution in [1.29, 1.82) is 0 Å². The highest BCUT2D eigenvalue weighted by Gasteiger charge is 2.08. The van der Waals surface area contributed by atoms with E-state index in [1.54, 1.807) is 0 Å². The predicted octanol–water partition coefficient (Wildman–Crippen LogP) is 1.54. The molecule has 0 spiro atoms. The maximum Gasteiger partial charge on any atom is 0.181 e. The highest BCUT2D eigenvalue weighted by molar-refractivity contribution is 5.59. The average molecular weight is 216 g/mol. The first kappa shape index (κ1) is 10.8. The van der Waals surface area contributed by atoms with Crippen molar-refractivity contribution in [3.63, 3.8) is 0 Å². The highest BCUT2D eigenvalue weighted by Crippen LogP contribution is 2.20. The summed E-state index contributed by atoms with van der Waals surface area (Å²) in [6.07, 6.45) is 0.986. The SMILES string of the molecule is CNCCc1ccccc1-c1n[nH]c(C)n1. The first-order valence-electron chi connectivity index (χ1n) is 5.43. The lowest BCUT2D eigenvalue weighted by Gasteiger charge is -2.05. The number of aryl methyl sites for hydroxylation is 1. The van der Waals surface area contributed by atoms with Gasteiger partial charge in [-0.15, -0.1) is 0 Å². The second-order valence-electron chi connectivity index (χ2n) is 3.76. The number of nitrogens with zero attached hydrogens (tertiary/aromatic N) is 2. The van der Waals surface area contributed by atoms with Gasteiger partial charge in [-0.1, -0.05) is 24.3 Å². The highest BCUT2D eigenvalue weighted by atomic mass is 15.2. The van der Waals surface area contributed by atoms with Crippen molar-refractivity contribution < 1.29 is 0 Å². The van der Waals surface area contributed by atoms with E-state index < -0.39 is 0 Å². The predicted molar refractivity (Wildman–Crippen MR) is 64.2 cm³/mol. The number of rotatable bonds is 4. The van der Waals surface area contributed by atoms with Gasteiger partial charge in [-0.25, -0.2) is 4.98 Å². The van der Waals surface area contributed by atoms with Crippen molar-refractivity contribution >= 4 is 0 Å². The molecule has 4 nitrogen and oxygen atoms in total. The number of H-pyrrole nitrogens is 1. The summed E-state index contributed by atoms with van der Waals surface area (Å²) in [5, 5.41) is 10.2. The van der Waals surface area contributed by atoms with Crippen molar-refractivity contribution in [2.75, 3.05) is 13.6 Å². The van der Waals surface area contributed by atoms with Crippen LogP contribution in [-0.4, -0.2) is 28.8 Å². The molecule has 0 unspecified atom stereocenters. The zero-order valence-corrected chi connectivity index (χ0v) is 9.62. The fourth-order valence-corrected chi connectivity index (χ4v) is 1.68. The summed E-state index contributed by atoms with van der Waals surface area (Å²) in [7, 11) is 1.96. The number of aromatic nitrogens is 3. The van der Waals surface area contributed by atoms with E-state index in [0.717, 1.165) is 30.2 Å². The number of nitrogens with one attached hydrogen (secondary N) is 2. The molecule has 1 aromatic carbocycles. The number of benzene rings is 1. The Labute approximate surface area is 95.1 Å². The van der Waals surface area contributed by atoms with Crippen LogP contribution in [0.4, 0.5) is 0 Å². The fraction of sp³-hybridized carbons (Fsp3) is 0.333. The fourth-order valence-electron chi connectivity index (χ4n) is 1.68. The Bertz CT molecular complexity index is 462. The van der Waals surface area contributed by atoms with Gasteiger partial charge in [0.25, 0.3) is 0 Å². The second kappa shape index (κ2) is 4.90. The van der Waals surface area contributed by atoms with E-state index in [1.165, 1.54) is 5.56 Å². The van der Waals surface area contributed by atoms with Crippen LogP contribution in [-0.2, 0) is 6.42 Å². The normalized spacial score (nSPS) is 10.6. The van der Waals surface area contributed by atoms with Gasteiger partial charge in [0.15, 0.2) is 5.82 Å². The first-order valence-corrected chi connectivity index (χ1v) is 5.43. The molecular weight excluding hydrogens is 200 g/mol. The van der Waals surface area contributed by atoms with Crippen LogP contribution in [0.15, 0.2) is 24.3 Å². The third-order valence-corrected chi connectivity index (χ3v) is 2.50. The van der Waals surface area contributed by atoms with Crippen LogP contribution in [0.3, 0.4) is 0 Å². The minimum absolute atomic E-state index is 0.782. The molecule has 0 saturated heterocycles. The van der Waals surface area contributed by atoms with Gasteiger partial charge in [0.05, 0.1) is 0 Å². The largest absolute Gasteiger partial charge is 0.319 e. The summed E-state index contributed by atoms with van der Waals surface area (Å²) in [4.78, 5) is 4.36. The maximum absolute atomic E-state index is 4.36. The van der Waals surface area contributed by atoms with Crippen LogP contribution in [0.1, 0.15) is 11.4 Å². The molecule has 2 aromatic rings. The van der Waals surface area contributed by atoms with Crippen molar-refractivity contribution in [3.8, 4) is 11.4 Å². The van der Waals surface area contributed by atoms with Gasteiger partial charge in [0.1, 0.15) is 5.82 Å². The molecule has 0 fully saturated rings. The van der Waals surface area contributed by atoms with Crippen LogP contribution in [0.5, 0.6) is 0 Å². The molecule has 0 aliphatic heterocycles. The summed E-state index contributed by atoms with van der Waals surface area (Å²) < 4.78 is 0. The van der Waals surface area contributed by atoms with Gasteiger partial charge in [-0.3, -0.25) is 5.10 Å². The molecule has 2 rings (SSSR count). The zero-order valence-electron chi connectivity index (χ0n) is 9.62. The molecule has 84 valence electrons. The third-order valence-electron chi connectivity index (χ3n) is 2.50. The quantitative estimate of drug-likeness (QED) is 0.815. The first-order chi connectivity index (χ1) is 7.81. The van der Waals surface area contributed by atoms with Crippen LogP contribution >= 0.6 is 0 Å². The molecular formula is C12H16N4.